The molecule has 1 N–H and O–H groups in total. The molecule has 6 heteroatoms. The molecule has 0 radical (unpaired) electrons. The topological polar surface area (TPSA) is 47.8 Å². The molecule has 1 aliphatic heterocycles. The zero-order valence-corrected chi connectivity index (χ0v) is 22.3. The molecular formula is C29H41N5O. The van der Waals surface area contributed by atoms with E-state index in [9.17, 15) is 5.11 Å². The van der Waals surface area contributed by atoms with Gasteiger partial charge in [0.15, 0.2) is 0 Å². The Morgan fingerprint density at radius 2 is 1.69 bits per heavy atom. The zero-order chi connectivity index (χ0) is 25.1. The molecule has 1 aromatic heterocycles. The molecule has 2 aromatic carbocycles. The summed E-state index contributed by atoms with van der Waals surface area (Å²) in [7, 11) is 2.20. The Labute approximate surface area is 210 Å². The van der Waals surface area contributed by atoms with Crippen LogP contribution < -0.4 is 4.90 Å². The number of nitrogens with zero attached hydrogens (tertiary/aromatic N) is 5. The minimum absolute atomic E-state index is 0.322. The van der Waals surface area contributed by atoms with Gasteiger partial charge in [0.1, 0.15) is 11.6 Å². The van der Waals surface area contributed by atoms with Crippen molar-refractivity contribution < 1.29 is 5.11 Å². The number of piperazine rings is 1. The number of anilines is 1. The van der Waals surface area contributed by atoms with Crippen LogP contribution in [-0.4, -0.2) is 64.0 Å². The molecule has 0 saturated carbocycles. The molecule has 1 aliphatic rings. The van der Waals surface area contributed by atoms with Crippen molar-refractivity contribution in [1.82, 2.24) is 19.6 Å². The van der Waals surface area contributed by atoms with E-state index in [1.54, 1.807) is 0 Å². The number of benzene rings is 2. The van der Waals surface area contributed by atoms with E-state index in [2.05, 4.69) is 90.5 Å². The van der Waals surface area contributed by atoms with Gasteiger partial charge in [-0.15, -0.1) is 0 Å². The number of rotatable bonds is 8. The Bertz CT molecular complexity index is 1140. The molecule has 4 rings (SSSR count). The van der Waals surface area contributed by atoms with Crippen LogP contribution in [0.25, 0.3) is 5.69 Å². The van der Waals surface area contributed by atoms with Crippen LogP contribution in [-0.2, 0) is 19.5 Å². The van der Waals surface area contributed by atoms with Crippen LogP contribution >= 0.6 is 0 Å². The van der Waals surface area contributed by atoms with Crippen LogP contribution in [0.5, 0.6) is 5.75 Å². The van der Waals surface area contributed by atoms with Crippen molar-refractivity contribution in [2.75, 3.05) is 38.1 Å². The molecular weight excluding hydrogens is 434 g/mol. The van der Waals surface area contributed by atoms with E-state index in [0.717, 1.165) is 61.7 Å². The normalized spacial score (nSPS) is 14.9. The van der Waals surface area contributed by atoms with E-state index in [1.807, 2.05) is 13.0 Å². The van der Waals surface area contributed by atoms with Gasteiger partial charge in [0.2, 0.25) is 0 Å². The number of hydrogen-bond donors (Lipinski definition) is 1. The smallest absolute Gasteiger partial charge is 0.137 e. The third-order valence-electron chi connectivity index (χ3n) is 7.13. The molecule has 2 heterocycles. The van der Waals surface area contributed by atoms with Gasteiger partial charge in [-0.2, -0.15) is 5.10 Å². The van der Waals surface area contributed by atoms with Gasteiger partial charge in [0.25, 0.3) is 0 Å². The van der Waals surface area contributed by atoms with Gasteiger partial charge in [0.05, 0.1) is 11.4 Å². The van der Waals surface area contributed by atoms with Gasteiger partial charge in [-0.25, -0.2) is 4.68 Å². The molecule has 1 fully saturated rings. The van der Waals surface area contributed by atoms with Gasteiger partial charge >= 0.3 is 0 Å². The second kappa shape index (κ2) is 10.8. The van der Waals surface area contributed by atoms with Crippen molar-refractivity contribution in [2.24, 2.45) is 0 Å². The van der Waals surface area contributed by atoms with Gasteiger partial charge in [-0.1, -0.05) is 31.2 Å². The molecule has 0 amide bonds. The van der Waals surface area contributed by atoms with Crippen LogP contribution in [0, 0.1) is 13.8 Å². The summed E-state index contributed by atoms with van der Waals surface area (Å²) in [5.41, 5.74) is 6.85. The summed E-state index contributed by atoms with van der Waals surface area (Å²) in [6.45, 7) is 16.4. The maximum atomic E-state index is 10.6. The van der Waals surface area contributed by atoms with Crippen molar-refractivity contribution in [3.63, 3.8) is 0 Å². The summed E-state index contributed by atoms with van der Waals surface area (Å²) >= 11 is 0. The predicted molar refractivity (Wildman–Crippen MR) is 145 cm³/mol. The third kappa shape index (κ3) is 5.71. The van der Waals surface area contributed by atoms with Crippen LogP contribution in [0.3, 0.4) is 0 Å². The van der Waals surface area contributed by atoms with E-state index >= 15 is 0 Å². The highest BCUT2D eigenvalue weighted by Gasteiger charge is 2.27. The summed E-state index contributed by atoms with van der Waals surface area (Å²) in [4.78, 5) is 7.36. The zero-order valence-electron chi connectivity index (χ0n) is 22.3. The summed E-state index contributed by atoms with van der Waals surface area (Å²) in [5.74, 6) is 1.60. The molecule has 6 nitrogen and oxygen atoms in total. The maximum absolute atomic E-state index is 10.6. The fraction of sp³-hybridized carbons (Fsp3) is 0.483. The quantitative estimate of drug-likeness (QED) is 0.501. The summed E-state index contributed by atoms with van der Waals surface area (Å²) in [5, 5.41) is 15.8. The van der Waals surface area contributed by atoms with Crippen LogP contribution in [0.2, 0.25) is 0 Å². The molecule has 0 atom stereocenters. The first kappa shape index (κ1) is 25.3. The minimum Gasteiger partial charge on any atom is -0.508 e. The highest BCUT2D eigenvalue weighted by atomic mass is 16.3. The van der Waals surface area contributed by atoms with E-state index < -0.39 is 0 Å². The molecule has 3 aromatic rings. The van der Waals surface area contributed by atoms with Crippen molar-refractivity contribution in [1.29, 1.82) is 0 Å². The second-order valence-electron chi connectivity index (χ2n) is 10.3. The molecule has 0 aliphatic carbocycles. The Morgan fingerprint density at radius 3 is 2.31 bits per heavy atom. The SMILES string of the molecule is CCc1nn(-c2cccc(C)c2)c(N2CCN(C)CC2)c1CN(Cc1ccc(C)cc1O)C(C)C. The van der Waals surface area contributed by atoms with Crippen molar-refractivity contribution in [3.05, 3.63) is 70.4 Å². The molecule has 188 valence electrons. The first-order valence-electron chi connectivity index (χ1n) is 12.9. The predicted octanol–water partition coefficient (Wildman–Crippen LogP) is 4.92. The number of aromatic hydroxyl groups is 1. The summed E-state index contributed by atoms with van der Waals surface area (Å²) < 4.78 is 2.17. The van der Waals surface area contributed by atoms with E-state index in [1.165, 1.54) is 16.9 Å². The van der Waals surface area contributed by atoms with Crippen LogP contribution in [0.4, 0.5) is 5.82 Å². The average Bonchev–Trinajstić information content (AvgIpc) is 3.19. The van der Waals surface area contributed by atoms with Crippen LogP contribution in [0.1, 0.15) is 48.7 Å². The minimum atomic E-state index is 0.322. The number of phenols is 1. The van der Waals surface area contributed by atoms with Gasteiger partial charge in [0, 0.05) is 56.4 Å². The largest absolute Gasteiger partial charge is 0.508 e. The maximum Gasteiger partial charge on any atom is 0.137 e. The first-order valence-corrected chi connectivity index (χ1v) is 12.9. The lowest BCUT2D eigenvalue weighted by Gasteiger charge is -2.35. The number of likely N-dealkylation sites (N-methyl/N-ethyl adjacent to an activating group) is 1. The average molecular weight is 476 g/mol. The Balaban J connectivity index is 1.76. The van der Waals surface area contributed by atoms with Gasteiger partial charge in [-0.3, -0.25) is 4.90 Å². The fourth-order valence-corrected chi connectivity index (χ4v) is 4.86. The molecule has 0 spiro atoms. The first-order chi connectivity index (χ1) is 16.8. The van der Waals surface area contributed by atoms with Crippen molar-refractivity contribution >= 4 is 5.82 Å². The third-order valence-corrected chi connectivity index (χ3v) is 7.13. The second-order valence-corrected chi connectivity index (χ2v) is 10.3. The number of aryl methyl sites for hydroxylation is 3. The highest BCUT2D eigenvalue weighted by molar-refractivity contribution is 5.56. The van der Waals surface area contributed by atoms with Crippen LogP contribution in [0.15, 0.2) is 42.5 Å². The fourth-order valence-electron chi connectivity index (χ4n) is 4.86. The number of phenolic OH excluding ortho intramolecular Hbond substituents is 1. The van der Waals surface area contributed by atoms with Crippen molar-refractivity contribution in [2.45, 2.75) is 60.2 Å². The molecule has 0 bridgehead atoms. The summed E-state index contributed by atoms with van der Waals surface area (Å²) in [6, 6.07) is 15.0. The van der Waals surface area contributed by atoms with Crippen molar-refractivity contribution in [3.8, 4) is 11.4 Å². The van der Waals surface area contributed by atoms with Gasteiger partial charge < -0.3 is 14.9 Å². The Kier molecular flexibility index (Phi) is 7.82. The van der Waals surface area contributed by atoms with Gasteiger partial charge in [-0.05, 0) is 70.5 Å². The summed E-state index contributed by atoms with van der Waals surface area (Å²) in [6.07, 6.45) is 0.886. The Morgan fingerprint density at radius 1 is 0.971 bits per heavy atom. The molecule has 1 saturated heterocycles. The van der Waals surface area contributed by atoms with E-state index in [-0.39, 0.29) is 0 Å². The van der Waals surface area contributed by atoms with E-state index in [0.29, 0.717) is 18.3 Å². The highest BCUT2D eigenvalue weighted by Crippen LogP contribution is 2.32. The number of hydrogen-bond acceptors (Lipinski definition) is 5. The lowest BCUT2D eigenvalue weighted by molar-refractivity contribution is 0.201. The standard InChI is InChI=1S/C29H41N5O/c1-7-27-26(20-33(21(2)3)19-24-12-11-23(5)18-28(24)35)29(32-15-13-31(6)14-16-32)34(30-27)25-10-8-9-22(4)17-25/h8-12,17-18,21,35H,7,13-16,19-20H2,1-6H3. The molecule has 35 heavy (non-hydrogen) atoms. The lowest BCUT2D eigenvalue weighted by atomic mass is 10.1. The molecule has 0 unspecified atom stereocenters. The van der Waals surface area contributed by atoms with E-state index in [4.69, 9.17) is 5.10 Å². The lowest BCUT2D eigenvalue weighted by Crippen LogP contribution is -2.45. The monoisotopic (exact) mass is 475 g/mol. The Hall–Kier alpha value is -2.83. The number of aromatic nitrogens is 2.